The number of aromatic nitrogens is 2. The van der Waals surface area contributed by atoms with Gasteiger partial charge in [0.2, 0.25) is 0 Å². The molecule has 0 fully saturated rings. The van der Waals surface area contributed by atoms with Gasteiger partial charge in [-0.15, -0.1) is 0 Å². The van der Waals surface area contributed by atoms with E-state index in [0.717, 1.165) is 22.9 Å². The summed E-state index contributed by atoms with van der Waals surface area (Å²) in [5, 5.41) is 4.20. The van der Waals surface area contributed by atoms with Crippen LogP contribution in [0.1, 0.15) is 22.3 Å². The molecule has 0 aliphatic carbocycles. The van der Waals surface area contributed by atoms with Crippen LogP contribution in [-0.4, -0.2) is 21.2 Å². The van der Waals surface area contributed by atoms with Gasteiger partial charge in [-0.2, -0.15) is 0 Å². The second-order valence-corrected chi connectivity index (χ2v) is 7.02. The molecule has 0 saturated carbocycles. The van der Waals surface area contributed by atoms with Crippen LogP contribution >= 0.6 is 11.8 Å². The van der Waals surface area contributed by atoms with E-state index in [4.69, 9.17) is 0 Å². The maximum absolute atomic E-state index is 12.6. The average Bonchev–Trinajstić information content (AvgIpc) is 2.67. The first-order chi connectivity index (χ1) is 12.2. The van der Waals surface area contributed by atoms with Crippen LogP contribution in [0.2, 0.25) is 0 Å². The quantitative estimate of drug-likeness (QED) is 0.737. The lowest BCUT2D eigenvalue weighted by Crippen LogP contribution is -2.27. The molecular formula is C19H17N3O2S. The summed E-state index contributed by atoms with van der Waals surface area (Å²) < 4.78 is 1.73. The number of thioether (sulfide) groups is 1. The summed E-state index contributed by atoms with van der Waals surface area (Å²) in [6.07, 6.45) is 0.977. The normalized spacial score (nSPS) is 13.4. The Morgan fingerprint density at radius 3 is 2.88 bits per heavy atom. The van der Waals surface area contributed by atoms with E-state index in [0.29, 0.717) is 29.6 Å². The first-order valence-corrected chi connectivity index (χ1v) is 9.20. The van der Waals surface area contributed by atoms with E-state index in [9.17, 15) is 9.59 Å². The maximum atomic E-state index is 12.6. The van der Waals surface area contributed by atoms with Crippen molar-refractivity contribution < 1.29 is 4.79 Å². The van der Waals surface area contributed by atoms with E-state index >= 15 is 0 Å². The molecule has 0 atom stereocenters. The highest BCUT2D eigenvalue weighted by molar-refractivity contribution is 7.99. The Morgan fingerprint density at radius 2 is 2.04 bits per heavy atom. The van der Waals surface area contributed by atoms with Crippen molar-refractivity contribution in [3.05, 3.63) is 70.0 Å². The van der Waals surface area contributed by atoms with Gasteiger partial charge in [-0.25, -0.2) is 4.98 Å². The smallest absolute Gasteiger partial charge is 0.262 e. The Bertz CT molecular complexity index is 999. The van der Waals surface area contributed by atoms with Crippen molar-refractivity contribution in [2.45, 2.75) is 24.7 Å². The van der Waals surface area contributed by atoms with Gasteiger partial charge < -0.3 is 5.32 Å². The van der Waals surface area contributed by atoms with Crippen LogP contribution in [0.25, 0.3) is 10.9 Å². The highest BCUT2D eigenvalue weighted by Crippen LogP contribution is 2.23. The van der Waals surface area contributed by atoms with Gasteiger partial charge in [0.1, 0.15) is 0 Å². The van der Waals surface area contributed by atoms with Crippen LogP contribution in [0, 0.1) is 0 Å². The fourth-order valence-electron chi connectivity index (χ4n) is 2.92. The van der Waals surface area contributed by atoms with Gasteiger partial charge in [0.15, 0.2) is 5.16 Å². The summed E-state index contributed by atoms with van der Waals surface area (Å²) in [4.78, 5) is 29.6. The minimum Gasteiger partial charge on any atom is -0.348 e. The largest absolute Gasteiger partial charge is 0.348 e. The van der Waals surface area contributed by atoms with Gasteiger partial charge in [-0.05, 0) is 30.2 Å². The Labute approximate surface area is 149 Å². The van der Waals surface area contributed by atoms with Gasteiger partial charge in [0, 0.05) is 24.4 Å². The number of carbonyl (C=O) groups is 1. The lowest BCUT2D eigenvalue weighted by atomic mass is 10.1. The van der Waals surface area contributed by atoms with Gasteiger partial charge in [-0.3, -0.25) is 14.2 Å². The van der Waals surface area contributed by atoms with Crippen molar-refractivity contribution in [2.24, 2.45) is 0 Å². The number of benzene rings is 2. The number of carbonyl (C=O) groups excluding carboxylic acids is 1. The molecule has 3 aromatic rings. The van der Waals surface area contributed by atoms with Gasteiger partial charge in [0.25, 0.3) is 11.5 Å². The molecule has 126 valence electrons. The molecule has 1 aliphatic heterocycles. The average molecular weight is 351 g/mol. The monoisotopic (exact) mass is 351 g/mol. The predicted octanol–water partition coefficient (Wildman–Crippen LogP) is 2.82. The highest BCUT2D eigenvalue weighted by atomic mass is 32.2. The lowest BCUT2D eigenvalue weighted by molar-refractivity contribution is 0.0951. The number of nitrogens with one attached hydrogen (secondary N) is 1. The predicted molar refractivity (Wildman–Crippen MR) is 99.0 cm³/mol. The summed E-state index contributed by atoms with van der Waals surface area (Å²) in [6.45, 7) is 1.18. The summed E-state index contributed by atoms with van der Waals surface area (Å²) in [5.41, 5.74) is 2.11. The molecule has 4 rings (SSSR count). The number of fused-ring (bicyclic) bond motifs is 2. The number of hydrogen-bond donors (Lipinski definition) is 1. The van der Waals surface area contributed by atoms with Crippen molar-refractivity contribution in [1.82, 2.24) is 14.9 Å². The molecular weight excluding hydrogens is 334 g/mol. The van der Waals surface area contributed by atoms with Crippen LogP contribution in [0.5, 0.6) is 0 Å². The zero-order valence-electron chi connectivity index (χ0n) is 13.6. The van der Waals surface area contributed by atoms with Crippen LogP contribution in [0.3, 0.4) is 0 Å². The van der Waals surface area contributed by atoms with E-state index < -0.39 is 0 Å². The fourth-order valence-corrected chi connectivity index (χ4v) is 3.86. The van der Waals surface area contributed by atoms with Crippen molar-refractivity contribution in [3.63, 3.8) is 0 Å². The van der Waals surface area contributed by atoms with Crippen molar-refractivity contribution in [2.75, 3.05) is 5.75 Å². The molecule has 1 aromatic heterocycles. The molecule has 6 heteroatoms. The first-order valence-electron chi connectivity index (χ1n) is 8.22. The molecule has 0 saturated heterocycles. The highest BCUT2D eigenvalue weighted by Gasteiger charge is 2.16. The summed E-state index contributed by atoms with van der Waals surface area (Å²) in [7, 11) is 0. The van der Waals surface area contributed by atoms with E-state index in [2.05, 4.69) is 10.3 Å². The molecule has 0 radical (unpaired) electrons. The van der Waals surface area contributed by atoms with Crippen LogP contribution in [0.15, 0.2) is 58.5 Å². The number of rotatable bonds is 3. The Morgan fingerprint density at radius 1 is 1.20 bits per heavy atom. The Balaban J connectivity index is 1.62. The molecule has 0 unspecified atom stereocenters. The molecule has 5 nitrogen and oxygen atoms in total. The molecule has 1 N–H and O–H groups in total. The minimum absolute atomic E-state index is 0.0246. The van der Waals surface area contributed by atoms with Crippen molar-refractivity contribution in [1.29, 1.82) is 0 Å². The Hall–Kier alpha value is -2.60. The second-order valence-electron chi connectivity index (χ2n) is 5.95. The number of hydrogen-bond acceptors (Lipinski definition) is 4. The lowest BCUT2D eigenvalue weighted by Gasteiger charge is -2.17. The molecule has 0 spiro atoms. The van der Waals surface area contributed by atoms with Gasteiger partial charge in [0.05, 0.1) is 10.9 Å². The summed E-state index contributed by atoms with van der Waals surface area (Å²) in [6, 6.07) is 14.8. The molecule has 1 aliphatic rings. The maximum Gasteiger partial charge on any atom is 0.262 e. The van der Waals surface area contributed by atoms with E-state index in [-0.39, 0.29) is 11.5 Å². The molecule has 2 heterocycles. The third kappa shape index (κ3) is 3.17. The van der Waals surface area contributed by atoms with Crippen LogP contribution in [-0.2, 0) is 13.1 Å². The molecule has 25 heavy (non-hydrogen) atoms. The standard InChI is InChI=1S/C19H17N3O2S/c23-17(20-12-13-5-2-1-3-6-13)14-7-8-15-16(11-14)21-19-22(18(15)24)9-4-10-25-19/h1-3,5-8,11H,4,9-10,12H2,(H,20,23). The number of nitrogens with zero attached hydrogens (tertiary/aromatic N) is 2. The van der Waals surface area contributed by atoms with Gasteiger partial charge >= 0.3 is 0 Å². The van der Waals surface area contributed by atoms with Crippen LogP contribution < -0.4 is 10.9 Å². The van der Waals surface area contributed by atoms with E-state index in [1.54, 1.807) is 34.5 Å². The topological polar surface area (TPSA) is 64.0 Å². The molecule has 0 bridgehead atoms. The third-order valence-corrected chi connectivity index (χ3v) is 5.30. The zero-order chi connectivity index (χ0) is 17.2. The third-order valence-electron chi connectivity index (χ3n) is 4.24. The zero-order valence-corrected chi connectivity index (χ0v) is 14.4. The van der Waals surface area contributed by atoms with E-state index in [1.165, 1.54) is 0 Å². The SMILES string of the molecule is O=C(NCc1ccccc1)c1ccc2c(=O)n3c(nc2c1)SCCC3. The van der Waals surface area contributed by atoms with Crippen molar-refractivity contribution >= 4 is 28.6 Å². The fraction of sp³-hybridized carbons (Fsp3) is 0.211. The molecule has 2 aromatic carbocycles. The van der Waals surface area contributed by atoms with Crippen LogP contribution in [0.4, 0.5) is 0 Å². The number of amides is 1. The van der Waals surface area contributed by atoms with Crippen molar-refractivity contribution in [3.8, 4) is 0 Å². The minimum atomic E-state index is -0.168. The van der Waals surface area contributed by atoms with Gasteiger partial charge in [-0.1, -0.05) is 42.1 Å². The Kier molecular flexibility index (Phi) is 4.28. The summed E-state index contributed by atoms with van der Waals surface area (Å²) in [5.74, 6) is 0.799. The summed E-state index contributed by atoms with van der Waals surface area (Å²) >= 11 is 1.59. The molecule has 1 amide bonds. The van der Waals surface area contributed by atoms with E-state index in [1.807, 2.05) is 30.3 Å². The first kappa shape index (κ1) is 15.9. The second kappa shape index (κ2) is 6.72.